The minimum absolute atomic E-state index is 0.0143. The van der Waals surface area contributed by atoms with Gasteiger partial charge in [-0.2, -0.15) is 0 Å². The van der Waals surface area contributed by atoms with Gasteiger partial charge in [-0.25, -0.2) is 0 Å². The lowest BCUT2D eigenvalue weighted by molar-refractivity contribution is 0.0724. The first-order valence-electron chi connectivity index (χ1n) is 10.2. The Morgan fingerprint density at radius 1 is 1.00 bits per heavy atom. The van der Waals surface area contributed by atoms with Gasteiger partial charge in [-0.3, -0.25) is 9.59 Å². The summed E-state index contributed by atoms with van der Waals surface area (Å²) in [5.74, 6) is 0.241. The van der Waals surface area contributed by atoms with Crippen molar-refractivity contribution in [3.8, 4) is 5.75 Å². The Bertz CT molecular complexity index is 831. The molecule has 6 nitrogen and oxygen atoms in total. The van der Waals surface area contributed by atoms with Crippen LogP contribution in [0.1, 0.15) is 46.9 Å². The van der Waals surface area contributed by atoms with E-state index in [1.54, 1.807) is 42.5 Å². The Hall–Kier alpha value is -2.86. The van der Waals surface area contributed by atoms with Crippen LogP contribution in [0.15, 0.2) is 48.5 Å². The summed E-state index contributed by atoms with van der Waals surface area (Å²) in [5.41, 5.74) is 1.62. The maximum Gasteiger partial charge on any atom is 0.259 e. The topological polar surface area (TPSA) is 67.9 Å². The van der Waals surface area contributed by atoms with Gasteiger partial charge in [-0.1, -0.05) is 18.2 Å². The van der Waals surface area contributed by atoms with Crippen molar-refractivity contribution in [2.75, 3.05) is 38.2 Å². The van der Waals surface area contributed by atoms with Gasteiger partial charge in [-0.05, 0) is 56.5 Å². The number of ether oxygens (including phenoxy) is 2. The van der Waals surface area contributed by atoms with E-state index in [1.165, 1.54) is 6.42 Å². The number of carbonyl (C=O) groups excluding carboxylic acids is 2. The molecule has 0 aromatic heterocycles. The predicted molar refractivity (Wildman–Crippen MR) is 113 cm³/mol. The molecule has 2 aromatic rings. The van der Waals surface area contributed by atoms with Crippen molar-refractivity contribution >= 4 is 17.5 Å². The fraction of sp³-hybridized carbons (Fsp3) is 0.391. The van der Waals surface area contributed by atoms with Crippen molar-refractivity contribution in [2.45, 2.75) is 26.2 Å². The number of benzene rings is 2. The second kappa shape index (κ2) is 10.6. The lowest BCUT2D eigenvalue weighted by Crippen LogP contribution is -2.35. The number of nitrogens with zero attached hydrogens (tertiary/aromatic N) is 1. The molecule has 1 fully saturated rings. The van der Waals surface area contributed by atoms with Crippen molar-refractivity contribution in [1.82, 2.24) is 4.90 Å². The third-order valence-corrected chi connectivity index (χ3v) is 4.83. The summed E-state index contributed by atoms with van der Waals surface area (Å²) in [6.07, 6.45) is 3.26. The van der Waals surface area contributed by atoms with E-state index in [-0.39, 0.29) is 11.8 Å². The minimum atomic E-state index is -0.278. The molecule has 29 heavy (non-hydrogen) atoms. The number of rotatable bonds is 8. The fourth-order valence-corrected chi connectivity index (χ4v) is 3.34. The molecule has 1 heterocycles. The molecule has 1 N–H and O–H groups in total. The number of hydrogen-bond donors (Lipinski definition) is 1. The third kappa shape index (κ3) is 5.81. The van der Waals surface area contributed by atoms with E-state index in [0.717, 1.165) is 25.9 Å². The highest BCUT2D eigenvalue weighted by Crippen LogP contribution is 2.21. The molecule has 0 unspecified atom stereocenters. The van der Waals surface area contributed by atoms with Gasteiger partial charge < -0.3 is 19.7 Å². The van der Waals surface area contributed by atoms with Gasteiger partial charge >= 0.3 is 0 Å². The Kier molecular flexibility index (Phi) is 7.64. The molecule has 0 atom stereocenters. The molecule has 3 rings (SSSR count). The van der Waals surface area contributed by atoms with Gasteiger partial charge in [0.2, 0.25) is 0 Å². The number of hydrogen-bond acceptors (Lipinski definition) is 4. The molecule has 0 saturated carbocycles. The molecule has 0 aliphatic carbocycles. The normalized spacial score (nSPS) is 13.8. The van der Waals surface area contributed by atoms with Crippen LogP contribution in [0, 0.1) is 0 Å². The second-order valence-electron chi connectivity index (χ2n) is 6.93. The Labute approximate surface area is 171 Å². The van der Waals surface area contributed by atoms with Gasteiger partial charge in [0.15, 0.2) is 0 Å². The zero-order valence-electron chi connectivity index (χ0n) is 16.9. The quantitative estimate of drug-likeness (QED) is 0.686. The summed E-state index contributed by atoms with van der Waals surface area (Å²) < 4.78 is 11.0. The Morgan fingerprint density at radius 2 is 1.79 bits per heavy atom. The molecule has 2 amide bonds. The van der Waals surface area contributed by atoms with E-state index in [9.17, 15) is 9.59 Å². The van der Waals surface area contributed by atoms with E-state index in [1.807, 2.05) is 17.9 Å². The highest BCUT2D eigenvalue weighted by Gasteiger charge is 2.19. The molecular weight excluding hydrogens is 368 g/mol. The van der Waals surface area contributed by atoms with Gasteiger partial charge in [0, 0.05) is 30.9 Å². The fourth-order valence-electron chi connectivity index (χ4n) is 3.34. The van der Waals surface area contributed by atoms with Crippen LogP contribution in [-0.4, -0.2) is 49.6 Å². The third-order valence-electron chi connectivity index (χ3n) is 4.83. The number of likely N-dealkylation sites (tertiary alicyclic amines) is 1. The first kappa shape index (κ1) is 20.9. The molecule has 0 bridgehead atoms. The second-order valence-corrected chi connectivity index (χ2v) is 6.93. The van der Waals surface area contributed by atoms with E-state index in [4.69, 9.17) is 9.47 Å². The van der Waals surface area contributed by atoms with Crippen molar-refractivity contribution in [1.29, 1.82) is 0 Å². The number of nitrogens with one attached hydrogen (secondary N) is 1. The molecule has 6 heteroatoms. The molecule has 1 aliphatic heterocycles. The van der Waals surface area contributed by atoms with Crippen molar-refractivity contribution < 1.29 is 19.1 Å². The summed E-state index contributed by atoms with van der Waals surface area (Å²) in [6, 6.07) is 14.2. The van der Waals surface area contributed by atoms with Crippen molar-refractivity contribution in [3.05, 3.63) is 59.7 Å². The summed E-state index contributed by atoms with van der Waals surface area (Å²) in [5, 5.41) is 2.88. The number of anilines is 1. The lowest BCUT2D eigenvalue weighted by atomic mass is 10.1. The van der Waals surface area contributed by atoms with Crippen LogP contribution in [0.3, 0.4) is 0 Å². The largest absolute Gasteiger partial charge is 0.490 e. The summed E-state index contributed by atoms with van der Waals surface area (Å²) in [6.45, 7) is 4.97. The molecule has 0 spiro atoms. The van der Waals surface area contributed by atoms with E-state index >= 15 is 0 Å². The first-order chi connectivity index (χ1) is 14.2. The van der Waals surface area contributed by atoms with E-state index in [0.29, 0.717) is 42.4 Å². The van der Waals surface area contributed by atoms with Crippen LogP contribution in [0.5, 0.6) is 5.75 Å². The van der Waals surface area contributed by atoms with Crippen LogP contribution < -0.4 is 10.1 Å². The molecular formula is C23H28N2O4. The highest BCUT2D eigenvalue weighted by molar-refractivity contribution is 6.06. The van der Waals surface area contributed by atoms with Crippen molar-refractivity contribution in [2.24, 2.45) is 0 Å². The SMILES string of the molecule is CCOCCOc1ccccc1C(=O)Nc1cccc(C(=O)N2CCCCC2)c1. The molecule has 154 valence electrons. The van der Waals surface area contributed by atoms with E-state index < -0.39 is 0 Å². The molecule has 1 aliphatic rings. The highest BCUT2D eigenvalue weighted by atomic mass is 16.5. The van der Waals surface area contributed by atoms with Crippen LogP contribution in [0.4, 0.5) is 5.69 Å². The average molecular weight is 396 g/mol. The van der Waals surface area contributed by atoms with Gasteiger partial charge in [0.25, 0.3) is 11.8 Å². The zero-order valence-corrected chi connectivity index (χ0v) is 16.9. The smallest absolute Gasteiger partial charge is 0.259 e. The van der Waals surface area contributed by atoms with E-state index in [2.05, 4.69) is 5.32 Å². The van der Waals surface area contributed by atoms with Crippen molar-refractivity contribution in [3.63, 3.8) is 0 Å². The number of carbonyl (C=O) groups is 2. The predicted octanol–water partition coefficient (Wildman–Crippen LogP) is 3.98. The Balaban J connectivity index is 1.67. The van der Waals surface area contributed by atoms with Crippen LogP contribution in [0.25, 0.3) is 0 Å². The monoisotopic (exact) mass is 396 g/mol. The van der Waals surface area contributed by atoms with Gasteiger partial charge in [-0.15, -0.1) is 0 Å². The average Bonchev–Trinajstić information content (AvgIpc) is 2.77. The first-order valence-corrected chi connectivity index (χ1v) is 10.2. The standard InChI is InChI=1S/C23H28N2O4/c1-2-28-15-16-29-21-12-5-4-11-20(21)22(26)24-19-10-8-9-18(17-19)23(27)25-13-6-3-7-14-25/h4-5,8-12,17H,2-3,6-7,13-16H2,1H3,(H,24,26). The van der Waals surface area contributed by atoms with Crippen LogP contribution >= 0.6 is 0 Å². The number of para-hydroxylation sites is 1. The molecule has 2 aromatic carbocycles. The number of piperidine rings is 1. The summed E-state index contributed by atoms with van der Waals surface area (Å²) >= 11 is 0. The van der Waals surface area contributed by atoms with Crippen LogP contribution in [0.2, 0.25) is 0 Å². The minimum Gasteiger partial charge on any atom is -0.490 e. The van der Waals surface area contributed by atoms with Gasteiger partial charge in [0.1, 0.15) is 12.4 Å². The maximum absolute atomic E-state index is 12.8. The maximum atomic E-state index is 12.8. The summed E-state index contributed by atoms with van der Waals surface area (Å²) in [4.78, 5) is 27.4. The van der Waals surface area contributed by atoms with Gasteiger partial charge in [0.05, 0.1) is 12.2 Å². The number of amides is 2. The van der Waals surface area contributed by atoms with Crippen LogP contribution in [-0.2, 0) is 4.74 Å². The molecule has 1 saturated heterocycles. The Morgan fingerprint density at radius 3 is 2.59 bits per heavy atom. The lowest BCUT2D eigenvalue weighted by Gasteiger charge is -2.26. The zero-order chi connectivity index (χ0) is 20.5. The summed E-state index contributed by atoms with van der Waals surface area (Å²) in [7, 11) is 0. The molecule has 0 radical (unpaired) electrons.